The van der Waals surface area contributed by atoms with Gasteiger partial charge in [-0.3, -0.25) is 0 Å². The molecule has 1 aliphatic rings. The lowest BCUT2D eigenvalue weighted by atomic mass is 9.96. The number of ether oxygens (including phenoxy) is 1. The maximum atomic E-state index is 13.6. The summed E-state index contributed by atoms with van der Waals surface area (Å²) < 4.78 is 31.6. The van der Waals surface area contributed by atoms with Gasteiger partial charge in [-0.15, -0.1) is 0 Å². The van der Waals surface area contributed by atoms with Gasteiger partial charge in [-0.1, -0.05) is 17.7 Å². The van der Waals surface area contributed by atoms with Gasteiger partial charge in [0.1, 0.15) is 6.04 Å². The first-order valence-corrected chi connectivity index (χ1v) is 5.35. The molecular formula is C11H10ClF2NO2. The monoisotopic (exact) mass is 261 g/mol. The number of amides is 1. The van der Waals surface area contributed by atoms with Gasteiger partial charge in [-0.2, -0.15) is 0 Å². The summed E-state index contributed by atoms with van der Waals surface area (Å²) in [4.78, 5) is 11.0. The number of hydrogen-bond donors (Lipinski definition) is 1. The predicted octanol–water partition coefficient (Wildman–Crippen LogP) is 3.06. The summed E-state index contributed by atoms with van der Waals surface area (Å²) in [6.07, 6.45) is -0.838. The Morgan fingerprint density at radius 3 is 2.88 bits per heavy atom. The molecule has 0 spiro atoms. The van der Waals surface area contributed by atoms with Crippen molar-refractivity contribution >= 4 is 17.7 Å². The maximum Gasteiger partial charge on any atom is 0.408 e. The highest BCUT2D eigenvalue weighted by atomic mass is 35.5. The molecule has 0 aliphatic carbocycles. The number of hydrogen-bond acceptors (Lipinski definition) is 2. The number of cyclic esters (lactones) is 1. The first-order chi connectivity index (χ1) is 7.90. The van der Waals surface area contributed by atoms with E-state index in [9.17, 15) is 13.6 Å². The topological polar surface area (TPSA) is 38.3 Å². The molecule has 1 heterocycles. The number of nitrogens with one attached hydrogen (secondary N) is 1. The minimum absolute atomic E-state index is 0.344. The van der Waals surface area contributed by atoms with Crippen molar-refractivity contribution in [3.63, 3.8) is 0 Å². The van der Waals surface area contributed by atoms with Crippen LogP contribution in [0.5, 0.6) is 0 Å². The molecule has 0 aromatic heterocycles. The number of carbonyl (C=O) groups excluding carboxylic acids is 1. The molecule has 0 bridgehead atoms. The van der Waals surface area contributed by atoms with E-state index in [0.717, 1.165) is 0 Å². The van der Waals surface area contributed by atoms with Gasteiger partial charge in [0.2, 0.25) is 0 Å². The van der Waals surface area contributed by atoms with Gasteiger partial charge in [0.15, 0.2) is 6.61 Å². The Bertz CT molecular complexity index is 465. The fourth-order valence-corrected chi connectivity index (χ4v) is 2.01. The lowest BCUT2D eigenvalue weighted by Crippen LogP contribution is -2.49. The molecule has 0 saturated carbocycles. The molecule has 0 unspecified atom stereocenters. The van der Waals surface area contributed by atoms with E-state index in [1.165, 1.54) is 12.1 Å². The first kappa shape index (κ1) is 12.1. The van der Waals surface area contributed by atoms with Crippen LogP contribution >= 0.6 is 11.6 Å². The predicted molar refractivity (Wildman–Crippen MR) is 58.4 cm³/mol. The fraction of sp³-hybridized carbons (Fsp3) is 0.364. The van der Waals surface area contributed by atoms with Crippen LogP contribution in [0.15, 0.2) is 18.2 Å². The second-order valence-electron chi connectivity index (χ2n) is 3.92. The number of halogens is 3. The maximum absolute atomic E-state index is 13.6. The minimum Gasteiger partial charge on any atom is -0.443 e. The zero-order valence-corrected chi connectivity index (χ0v) is 9.72. The molecule has 1 N–H and O–H groups in total. The van der Waals surface area contributed by atoms with Crippen molar-refractivity contribution in [1.82, 2.24) is 5.32 Å². The Balaban J connectivity index is 2.39. The fourth-order valence-electron chi connectivity index (χ4n) is 1.78. The van der Waals surface area contributed by atoms with Gasteiger partial charge >= 0.3 is 12.0 Å². The van der Waals surface area contributed by atoms with Crippen LogP contribution in [0.1, 0.15) is 17.2 Å². The second kappa shape index (κ2) is 4.14. The minimum atomic E-state index is -3.13. The van der Waals surface area contributed by atoms with Crippen LogP contribution in [-0.4, -0.2) is 18.6 Å². The molecule has 3 nitrogen and oxygen atoms in total. The zero-order valence-electron chi connectivity index (χ0n) is 8.97. The first-order valence-electron chi connectivity index (χ1n) is 4.97. The third-order valence-electron chi connectivity index (χ3n) is 2.62. The van der Waals surface area contributed by atoms with E-state index >= 15 is 0 Å². The summed E-state index contributed by atoms with van der Waals surface area (Å²) in [5.41, 5.74) is 0.945. The van der Waals surface area contributed by atoms with E-state index < -0.39 is 24.7 Å². The largest absolute Gasteiger partial charge is 0.443 e. The molecule has 92 valence electrons. The van der Waals surface area contributed by atoms with Crippen molar-refractivity contribution in [3.8, 4) is 0 Å². The second-order valence-corrected chi connectivity index (χ2v) is 4.35. The lowest BCUT2D eigenvalue weighted by molar-refractivity contribution is -0.104. The van der Waals surface area contributed by atoms with Crippen LogP contribution in [-0.2, 0) is 4.74 Å². The number of aryl methyl sites for hydroxylation is 1. The molecule has 1 fully saturated rings. The Morgan fingerprint density at radius 2 is 2.24 bits per heavy atom. The van der Waals surface area contributed by atoms with Crippen molar-refractivity contribution in [2.45, 2.75) is 18.9 Å². The van der Waals surface area contributed by atoms with Crippen molar-refractivity contribution in [2.75, 3.05) is 6.61 Å². The number of alkyl carbamates (subject to hydrolysis) is 1. The van der Waals surface area contributed by atoms with E-state index in [-0.39, 0.29) is 0 Å². The van der Waals surface area contributed by atoms with Crippen LogP contribution < -0.4 is 5.32 Å². The molecule has 2 rings (SSSR count). The SMILES string of the molecule is Cc1cc(Cl)ccc1[C@@H]1NC(=O)OCC1(F)F. The van der Waals surface area contributed by atoms with E-state index in [1.807, 2.05) is 0 Å². The van der Waals surface area contributed by atoms with E-state index in [2.05, 4.69) is 10.1 Å². The highest BCUT2D eigenvalue weighted by Crippen LogP contribution is 2.36. The van der Waals surface area contributed by atoms with Crippen LogP contribution in [0.3, 0.4) is 0 Å². The van der Waals surface area contributed by atoms with Gasteiger partial charge < -0.3 is 10.1 Å². The van der Waals surface area contributed by atoms with Gasteiger partial charge in [0, 0.05) is 5.02 Å². The molecule has 6 heteroatoms. The number of benzene rings is 1. The van der Waals surface area contributed by atoms with Crippen molar-refractivity contribution in [2.24, 2.45) is 0 Å². The average Bonchev–Trinajstić information content (AvgIpc) is 2.23. The summed E-state index contributed by atoms with van der Waals surface area (Å²) in [6, 6.07) is 3.21. The van der Waals surface area contributed by atoms with Crippen LogP contribution in [0, 0.1) is 6.92 Å². The van der Waals surface area contributed by atoms with Gasteiger partial charge in [-0.05, 0) is 30.2 Å². The van der Waals surface area contributed by atoms with Gasteiger partial charge in [-0.25, -0.2) is 13.6 Å². The third-order valence-corrected chi connectivity index (χ3v) is 2.86. The molecule has 1 aromatic rings. The molecule has 1 atom stereocenters. The van der Waals surface area contributed by atoms with Crippen molar-refractivity contribution in [3.05, 3.63) is 34.3 Å². The Kier molecular flexibility index (Phi) is 2.95. The molecule has 0 radical (unpaired) electrons. The van der Waals surface area contributed by atoms with E-state index in [0.29, 0.717) is 16.1 Å². The summed E-state index contributed by atoms with van der Waals surface area (Å²) in [6.45, 7) is 0.754. The van der Waals surface area contributed by atoms with Crippen LogP contribution in [0.2, 0.25) is 5.02 Å². The van der Waals surface area contributed by atoms with Crippen molar-refractivity contribution < 1.29 is 18.3 Å². The number of carbonyl (C=O) groups is 1. The molecule has 17 heavy (non-hydrogen) atoms. The third kappa shape index (κ3) is 2.34. The van der Waals surface area contributed by atoms with Crippen LogP contribution in [0.4, 0.5) is 13.6 Å². The van der Waals surface area contributed by atoms with Gasteiger partial charge in [0.05, 0.1) is 0 Å². The Labute approximate surface area is 102 Å². The summed E-state index contributed by atoms with van der Waals surface area (Å²) >= 11 is 5.76. The Hall–Kier alpha value is -1.36. The standard InChI is InChI=1S/C11H10ClF2NO2/c1-6-4-7(12)2-3-8(6)9-11(13,14)5-17-10(16)15-9/h2-4,9H,5H2,1H3,(H,15,16)/t9-/m0/s1. The highest BCUT2D eigenvalue weighted by Gasteiger charge is 2.47. The molecule has 1 aliphatic heterocycles. The van der Waals surface area contributed by atoms with E-state index in [4.69, 9.17) is 11.6 Å². The molecular weight excluding hydrogens is 252 g/mol. The molecule has 1 aromatic carbocycles. The quantitative estimate of drug-likeness (QED) is 0.844. The van der Waals surface area contributed by atoms with Crippen LogP contribution in [0.25, 0.3) is 0 Å². The lowest BCUT2D eigenvalue weighted by Gasteiger charge is -2.32. The highest BCUT2D eigenvalue weighted by molar-refractivity contribution is 6.30. The van der Waals surface area contributed by atoms with E-state index in [1.54, 1.807) is 13.0 Å². The number of rotatable bonds is 1. The normalized spacial score (nSPS) is 22.8. The Morgan fingerprint density at radius 1 is 1.53 bits per heavy atom. The summed E-state index contributed by atoms with van der Waals surface area (Å²) in [5.74, 6) is -3.13. The number of alkyl halides is 2. The molecule has 1 saturated heterocycles. The average molecular weight is 262 g/mol. The van der Waals surface area contributed by atoms with Gasteiger partial charge in [0.25, 0.3) is 0 Å². The molecule has 1 amide bonds. The van der Waals surface area contributed by atoms with Crippen molar-refractivity contribution in [1.29, 1.82) is 0 Å². The smallest absolute Gasteiger partial charge is 0.408 e. The summed E-state index contributed by atoms with van der Waals surface area (Å²) in [7, 11) is 0. The zero-order chi connectivity index (χ0) is 12.6. The summed E-state index contributed by atoms with van der Waals surface area (Å²) in [5, 5.41) is 2.59.